The van der Waals surface area contributed by atoms with Crippen LogP contribution >= 0.6 is 11.6 Å². The Morgan fingerprint density at radius 3 is 2.53 bits per heavy atom. The van der Waals surface area contributed by atoms with Crippen LogP contribution in [0.5, 0.6) is 0 Å². The van der Waals surface area contributed by atoms with Crippen LogP contribution in [-0.2, 0) is 0 Å². The van der Waals surface area contributed by atoms with Gasteiger partial charge in [-0.25, -0.2) is 4.98 Å². The highest BCUT2D eigenvalue weighted by Gasteiger charge is 2.10. The van der Waals surface area contributed by atoms with Crippen molar-refractivity contribution in [2.24, 2.45) is 0 Å². The quantitative estimate of drug-likeness (QED) is 0.708. The Morgan fingerprint density at radius 2 is 1.79 bits per heavy atom. The fourth-order valence-electron chi connectivity index (χ4n) is 2.22. The van der Waals surface area contributed by atoms with E-state index in [0.717, 1.165) is 27.7 Å². The van der Waals surface area contributed by atoms with Crippen molar-refractivity contribution in [1.82, 2.24) is 4.98 Å². The summed E-state index contributed by atoms with van der Waals surface area (Å²) < 4.78 is 0. The zero-order valence-electron chi connectivity index (χ0n) is 10.5. The molecule has 0 fully saturated rings. The van der Waals surface area contributed by atoms with Gasteiger partial charge in [0.05, 0.1) is 16.2 Å². The van der Waals surface area contributed by atoms with Crippen LogP contribution in [0.4, 0.5) is 5.69 Å². The van der Waals surface area contributed by atoms with Crippen LogP contribution in [0.15, 0.2) is 48.5 Å². The molecular formula is C16H13ClN2. The van der Waals surface area contributed by atoms with E-state index in [1.807, 2.05) is 55.5 Å². The van der Waals surface area contributed by atoms with Crippen LogP contribution in [0.2, 0.25) is 5.02 Å². The Kier molecular flexibility index (Phi) is 2.88. The molecule has 2 nitrogen and oxygen atoms in total. The van der Waals surface area contributed by atoms with Crippen molar-refractivity contribution in [2.75, 3.05) is 5.73 Å². The Hall–Kier alpha value is -2.06. The van der Waals surface area contributed by atoms with Crippen LogP contribution in [0.3, 0.4) is 0 Å². The van der Waals surface area contributed by atoms with Crippen molar-refractivity contribution in [2.45, 2.75) is 6.92 Å². The van der Waals surface area contributed by atoms with Gasteiger partial charge in [0.25, 0.3) is 0 Å². The summed E-state index contributed by atoms with van der Waals surface area (Å²) in [6.07, 6.45) is 0. The molecule has 1 heterocycles. The number of fused-ring (bicyclic) bond motifs is 1. The first kappa shape index (κ1) is 12.0. The number of aryl methyl sites for hydroxylation is 1. The summed E-state index contributed by atoms with van der Waals surface area (Å²) in [6, 6.07) is 15.7. The maximum Gasteiger partial charge on any atom is 0.0774 e. The molecule has 0 saturated carbocycles. The van der Waals surface area contributed by atoms with Crippen molar-refractivity contribution >= 4 is 28.2 Å². The van der Waals surface area contributed by atoms with E-state index in [0.29, 0.717) is 10.7 Å². The van der Waals surface area contributed by atoms with Crippen molar-refractivity contribution in [3.8, 4) is 11.3 Å². The molecule has 0 aliphatic rings. The molecule has 0 saturated heterocycles. The molecule has 0 atom stereocenters. The van der Waals surface area contributed by atoms with Crippen molar-refractivity contribution < 1.29 is 0 Å². The van der Waals surface area contributed by atoms with Crippen molar-refractivity contribution in [3.63, 3.8) is 0 Å². The fourth-order valence-corrected chi connectivity index (χ4v) is 2.48. The highest BCUT2D eigenvalue weighted by molar-refractivity contribution is 6.36. The molecule has 0 bridgehead atoms. The van der Waals surface area contributed by atoms with Gasteiger partial charge in [0.1, 0.15) is 0 Å². The molecule has 94 valence electrons. The molecule has 1 aromatic heterocycles. The number of hydrogen-bond donors (Lipinski definition) is 1. The van der Waals surface area contributed by atoms with E-state index >= 15 is 0 Å². The number of aromatic nitrogens is 1. The third-order valence-corrected chi connectivity index (χ3v) is 3.53. The van der Waals surface area contributed by atoms with E-state index in [2.05, 4.69) is 0 Å². The van der Waals surface area contributed by atoms with Gasteiger partial charge in [-0.15, -0.1) is 0 Å². The molecule has 2 N–H and O–H groups in total. The summed E-state index contributed by atoms with van der Waals surface area (Å²) in [5.41, 5.74) is 10.7. The molecule has 0 aliphatic carbocycles. The first-order valence-electron chi connectivity index (χ1n) is 6.07. The van der Waals surface area contributed by atoms with Gasteiger partial charge in [-0.3, -0.25) is 0 Å². The molecule has 0 spiro atoms. The summed E-state index contributed by atoms with van der Waals surface area (Å²) in [5.74, 6) is 0. The van der Waals surface area contributed by atoms with Crippen molar-refractivity contribution in [1.29, 1.82) is 0 Å². The number of rotatable bonds is 1. The molecule has 3 heteroatoms. The van der Waals surface area contributed by atoms with Crippen molar-refractivity contribution in [3.05, 3.63) is 59.1 Å². The number of hydrogen-bond acceptors (Lipinski definition) is 2. The van der Waals surface area contributed by atoms with Gasteiger partial charge in [-0.05, 0) is 24.6 Å². The van der Waals surface area contributed by atoms with Gasteiger partial charge in [0.2, 0.25) is 0 Å². The Bertz CT molecular complexity index is 752. The SMILES string of the molecule is Cc1ccc(Cl)c2c(N)cc(-c3ccccc3)nc12. The second-order valence-electron chi connectivity index (χ2n) is 4.55. The summed E-state index contributed by atoms with van der Waals surface area (Å²) in [7, 11) is 0. The number of halogens is 1. The molecule has 0 unspecified atom stereocenters. The Morgan fingerprint density at radius 1 is 1.05 bits per heavy atom. The lowest BCUT2D eigenvalue weighted by Crippen LogP contribution is -1.95. The average Bonchev–Trinajstić information content (AvgIpc) is 2.43. The van der Waals surface area contributed by atoms with E-state index < -0.39 is 0 Å². The first-order valence-corrected chi connectivity index (χ1v) is 6.45. The third-order valence-electron chi connectivity index (χ3n) is 3.21. The van der Waals surface area contributed by atoms with E-state index in [1.165, 1.54) is 0 Å². The zero-order chi connectivity index (χ0) is 13.4. The number of nitrogens with zero attached hydrogens (tertiary/aromatic N) is 1. The highest BCUT2D eigenvalue weighted by atomic mass is 35.5. The monoisotopic (exact) mass is 268 g/mol. The number of benzene rings is 2. The lowest BCUT2D eigenvalue weighted by atomic mass is 10.1. The van der Waals surface area contributed by atoms with Crippen LogP contribution in [0.25, 0.3) is 22.2 Å². The summed E-state index contributed by atoms with van der Waals surface area (Å²) >= 11 is 6.21. The lowest BCUT2D eigenvalue weighted by molar-refractivity contribution is 1.36. The molecule has 0 aliphatic heterocycles. The molecule has 3 aromatic rings. The second kappa shape index (κ2) is 4.56. The van der Waals surface area contributed by atoms with E-state index in [-0.39, 0.29) is 0 Å². The maximum atomic E-state index is 6.21. The minimum atomic E-state index is 0.644. The molecule has 0 amide bonds. The smallest absolute Gasteiger partial charge is 0.0774 e. The average molecular weight is 269 g/mol. The maximum absolute atomic E-state index is 6.21. The van der Waals surface area contributed by atoms with Crippen LogP contribution in [0.1, 0.15) is 5.56 Å². The summed E-state index contributed by atoms with van der Waals surface area (Å²) in [5, 5.41) is 1.48. The first-order chi connectivity index (χ1) is 9.16. The largest absolute Gasteiger partial charge is 0.398 e. The molecular weight excluding hydrogens is 256 g/mol. The van der Waals surface area contributed by atoms with Gasteiger partial charge in [-0.1, -0.05) is 48.0 Å². The van der Waals surface area contributed by atoms with Gasteiger partial charge in [0.15, 0.2) is 0 Å². The van der Waals surface area contributed by atoms with Gasteiger partial charge in [0, 0.05) is 16.6 Å². The number of anilines is 1. The fraction of sp³-hybridized carbons (Fsp3) is 0.0625. The van der Waals surface area contributed by atoms with E-state index in [4.69, 9.17) is 22.3 Å². The van der Waals surface area contributed by atoms with E-state index in [9.17, 15) is 0 Å². The number of nitrogen functional groups attached to an aromatic ring is 1. The highest BCUT2D eigenvalue weighted by Crippen LogP contribution is 2.32. The second-order valence-corrected chi connectivity index (χ2v) is 4.96. The summed E-state index contributed by atoms with van der Waals surface area (Å²) in [6.45, 7) is 2.01. The topological polar surface area (TPSA) is 38.9 Å². The Labute approximate surface area is 116 Å². The minimum Gasteiger partial charge on any atom is -0.398 e. The minimum absolute atomic E-state index is 0.644. The molecule has 2 aromatic carbocycles. The van der Waals surface area contributed by atoms with Crippen LogP contribution < -0.4 is 5.73 Å². The zero-order valence-corrected chi connectivity index (χ0v) is 11.3. The number of nitrogens with two attached hydrogens (primary N) is 1. The van der Waals surface area contributed by atoms with Crippen LogP contribution in [0, 0.1) is 6.92 Å². The third kappa shape index (κ3) is 2.04. The number of pyridine rings is 1. The molecule has 0 radical (unpaired) electrons. The summed E-state index contributed by atoms with van der Waals surface area (Å²) in [4.78, 5) is 4.70. The van der Waals surface area contributed by atoms with E-state index in [1.54, 1.807) is 0 Å². The predicted octanol–water partition coefficient (Wildman–Crippen LogP) is 4.45. The van der Waals surface area contributed by atoms with Gasteiger partial charge >= 0.3 is 0 Å². The van der Waals surface area contributed by atoms with Gasteiger partial charge < -0.3 is 5.73 Å². The Balaban J connectivity index is 2.34. The van der Waals surface area contributed by atoms with Crippen LogP contribution in [-0.4, -0.2) is 4.98 Å². The van der Waals surface area contributed by atoms with Gasteiger partial charge in [-0.2, -0.15) is 0 Å². The molecule has 19 heavy (non-hydrogen) atoms. The predicted molar refractivity (Wildman–Crippen MR) is 81.3 cm³/mol. The molecule has 3 rings (SSSR count). The standard InChI is InChI=1S/C16H13ClN2/c1-10-7-8-12(17)15-13(18)9-14(19-16(10)15)11-5-3-2-4-6-11/h2-9H,1H3,(H2,18,19). The normalized spacial score (nSPS) is 10.8. The lowest BCUT2D eigenvalue weighted by Gasteiger charge is -2.10.